The maximum atomic E-state index is 11.9. The summed E-state index contributed by atoms with van der Waals surface area (Å²) in [6.45, 7) is 3.42. The number of amides is 1. The zero-order valence-electron chi connectivity index (χ0n) is 11.7. The first kappa shape index (κ1) is 15.4. The van der Waals surface area contributed by atoms with Crippen molar-refractivity contribution in [2.45, 2.75) is 19.3 Å². The van der Waals surface area contributed by atoms with Gasteiger partial charge in [0.15, 0.2) is 0 Å². The molecule has 2 unspecified atom stereocenters. The topological polar surface area (TPSA) is 67.6 Å². The summed E-state index contributed by atoms with van der Waals surface area (Å²) in [5.74, 6) is 0.649. The van der Waals surface area contributed by atoms with Crippen LogP contribution in [-0.4, -0.2) is 57.8 Å². The highest BCUT2D eigenvalue weighted by Crippen LogP contribution is 2.30. The van der Waals surface area contributed by atoms with Crippen molar-refractivity contribution in [2.24, 2.45) is 17.6 Å². The maximum Gasteiger partial charge on any atom is 0.223 e. The van der Waals surface area contributed by atoms with E-state index in [0.717, 1.165) is 25.8 Å². The van der Waals surface area contributed by atoms with E-state index in [0.29, 0.717) is 32.2 Å². The summed E-state index contributed by atoms with van der Waals surface area (Å²) >= 11 is 0. The van der Waals surface area contributed by atoms with Gasteiger partial charge in [0.05, 0.1) is 13.2 Å². The quantitative estimate of drug-likeness (QED) is 0.603. The molecule has 5 nitrogen and oxygen atoms in total. The van der Waals surface area contributed by atoms with E-state index in [1.54, 1.807) is 0 Å². The van der Waals surface area contributed by atoms with Crippen molar-refractivity contribution in [1.82, 2.24) is 10.2 Å². The zero-order valence-corrected chi connectivity index (χ0v) is 11.7. The average molecular weight is 257 g/mol. The van der Waals surface area contributed by atoms with Gasteiger partial charge in [0, 0.05) is 19.0 Å². The third kappa shape index (κ3) is 5.33. The predicted octanol–water partition coefficient (Wildman–Crippen LogP) is 0.0558. The smallest absolute Gasteiger partial charge is 0.223 e. The fourth-order valence-electron chi connectivity index (χ4n) is 2.39. The Bertz CT molecular complexity index is 246. The molecule has 5 heteroatoms. The van der Waals surface area contributed by atoms with E-state index in [4.69, 9.17) is 10.5 Å². The van der Waals surface area contributed by atoms with E-state index in [9.17, 15) is 4.79 Å². The number of hydrogen-bond acceptors (Lipinski definition) is 4. The van der Waals surface area contributed by atoms with Crippen LogP contribution in [0.25, 0.3) is 0 Å². The van der Waals surface area contributed by atoms with Gasteiger partial charge in [-0.05, 0) is 39.4 Å². The Kier molecular flexibility index (Phi) is 7.23. The summed E-state index contributed by atoms with van der Waals surface area (Å²) in [7, 11) is 4.02. The zero-order chi connectivity index (χ0) is 13.4. The summed E-state index contributed by atoms with van der Waals surface area (Å²) in [5.41, 5.74) is 5.68. The van der Waals surface area contributed by atoms with Crippen LogP contribution in [0.3, 0.4) is 0 Å². The lowest BCUT2D eigenvalue weighted by molar-refractivity contribution is -0.126. The number of nitrogens with one attached hydrogen (secondary N) is 1. The van der Waals surface area contributed by atoms with Gasteiger partial charge in [-0.3, -0.25) is 4.79 Å². The van der Waals surface area contributed by atoms with Crippen LogP contribution >= 0.6 is 0 Å². The van der Waals surface area contributed by atoms with E-state index in [1.807, 2.05) is 14.1 Å². The van der Waals surface area contributed by atoms with Crippen LogP contribution in [-0.2, 0) is 9.53 Å². The molecule has 0 aliphatic heterocycles. The minimum Gasteiger partial charge on any atom is -0.378 e. The predicted molar refractivity (Wildman–Crippen MR) is 72.3 cm³/mol. The number of hydrogen-bond donors (Lipinski definition) is 2. The van der Waals surface area contributed by atoms with Crippen molar-refractivity contribution >= 4 is 5.91 Å². The highest BCUT2D eigenvalue weighted by atomic mass is 16.5. The van der Waals surface area contributed by atoms with Crippen LogP contribution in [0, 0.1) is 11.8 Å². The number of carbonyl (C=O) groups is 1. The van der Waals surface area contributed by atoms with Gasteiger partial charge in [0.25, 0.3) is 0 Å². The average Bonchev–Trinajstić information content (AvgIpc) is 2.81. The molecule has 0 saturated heterocycles. The molecule has 3 N–H and O–H groups in total. The molecule has 1 rings (SSSR count). The Morgan fingerprint density at radius 1 is 1.39 bits per heavy atom. The Morgan fingerprint density at radius 3 is 2.83 bits per heavy atom. The number of likely N-dealkylation sites (N-methyl/N-ethyl adjacent to an activating group) is 1. The van der Waals surface area contributed by atoms with Gasteiger partial charge in [0.1, 0.15) is 0 Å². The van der Waals surface area contributed by atoms with Gasteiger partial charge >= 0.3 is 0 Å². The van der Waals surface area contributed by atoms with Crippen LogP contribution in [0.5, 0.6) is 0 Å². The molecule has 1 aliphatic carbocycles. The number of carbonyl (C=O) groups excluding carboxylic acids is 1. The molecular weight excluding hydrogens is 230 g/mol. The normalized spacial score (nSPS) is 23.6. The second-order valence-electron chi connectivity index (χ2n) is 5.24. The molecule has 0 spiro atoms. The van der Waals surface area contributed by atoms with Crippen LogP contribution in [0.2, 0.25) is 0 Å². The Morgan fingerprint density at radius 2 is 2.17 bits per heavy atom. The molecule has 0 bridgehead atoms. The van der Waals surface area contributed by atoms with Crippen molar-refractivity contribution in [2.75, 3.05) is 46.9 Å². The van der Waals surface area contributed by atoms with E-state index < -0.39 is 0 Å². The molecule has 0 aromatic rings. The summed E-state index contributed by atoms with van der Waals surface area (Å²) < 4.78 is 5.43. The monoisotopic (exact) mass is 257 g/mol. The molecule has 106 valence electrons. The van der Waals surface area contributed by atoms with Crippen LogP contribution < -0.4 is 11.1 Å². The minimum atomic E-state index is 0.122. The lowest BCUT2D eigenvalue weighted by atomic mass is 9.95. The Labute approximate surface area is 110 Å². The summed E-state index contributed by atoms with van der Waals surface area (Å²) in [4.78, 5) is 14.0. The summed E-state index contributed by atoms with van der Waals surface area (Å²) in [6.07, 6.45) is 3.20. The van der Waals surface area contributed by atoms with Gasteiger partial charge in [-0.25, -0.2) is 0 Å². The largest absolute Gasteiger partial charge is 0.378 e. The van der Waals surface area contributed by atoms with Crippen molar-refractivity contribution in [1.29, 1.82) is 0 Å². The van der Waals surface area contributed by atoms with Crippen LogP contribution in [0.1, 0.15) is 19.3 Å². The molecule has 0 aromatic carbocycles. The number of nitrogens with zero attached hydrogens (tertiary/aromatic N) is 1. The minimum absolute atomic E-state index is 0.122. The fourth-order valence-corrected chi connectivity index (χ4v) is 2.39. The van der Waals surface area contributed by atoms with E-state index in [1.165, 1.54) is 0 Å². The van der Waals surface area contributed by atoms with E-state index in [2.05, 4.69) is 10.2 Å². The number of rotatable bonds is 8. The molecular formula is C13H27N3O2. The molecule has 1 aliphatic rings. The number of nitrogens with two attached hydrogens (primary N) is 1. The standard InChI is InChI=1S/C13H27N3O2/c1-16(2)7-9-18-8-6-15-13(17)12-5-3-4-11(12)10-14/h11-12H,3-10,14H2,1-2H3,(H,15,17). The van der Waals surface area contributed by atoms with Crippen LogP contribution in [0.15, 0.2) is 0 Å². The Hall–Kier alpha value is -0.650. The first-order valence-corrected chi connectivity index (χ1v) is 6.85. The Balaban J connectivity index is 2.06. The van der Waals surface area contributed by atoms with Crippen molar-refractivity contribution in [3.63, 3.8) is 0 Å². The van der Waals surface area contributed by atoms with Crippen molar-refractivity contribution in [3.05, 3.63) is 0 Å². The molecule has 0 heterocycles. The molecule has 1 saturated carbocycles. The first-order valence-electron chi connectivity index (χ1n) is 6.85. The van der Waals surface area contributed by atoms with Crippen LogP contribution in [0.4, 0.5) is 0 Å². The molecule has 0 radical (unpaired) electrons. The van der Waals surface area contributed by atoms with Gasteiger partial charge in [-0.2, -0.15) is 0 Å². The fraction of sp³-hybridized carbons (Fsp3) is 0.923. The highest BCUT2D eigenvalue weighted by molar-refractivity contribution is 5.79. The SMILES string of the molecule is CN(C)CCOCCNC(=O)C1CCCC1CN. The summed E-state index contributed by atoms with van der Waals surface area (Å²) in [5, 5.41) is 2.94. The summed E-state index contributed by atoms with van der Waals surface area (Å²) in [6, 6.07) is 0. The van der Waals surface area contributed by atoms with E-state index >= 15 is 0 Å². The third-order valence-electron chi connectivity index (χ3n) is 3.53. The number of ether oxygens (including phenoxy) is 1. The highest BCUT2D eigenvalue weighted by Gasteiger charge is 2.31. The van der Waals surface area contributed by atoms with Gasteiger partial charge in [-0.1, -0.05) is 6.42 Å². The van der Waals surface area contributed by atoms with Gasteiger partial charge in [0.2, 0.25) is 5.91 Å². The second kappa shape index (κ2) is 8.45. The van der Waals surface area contributed by atoms with Gasteiger partial charge in [-0.15, -0.1) is 0 Å². The molecule has 18 heavy (non-hydrogen) atoms. The molecule has 1 amide bonds. The lowest BCUT2D eigenvalue weighted by Crippen LogP contribution is -2.36. The molecule has 1 fully saturated rings. The van der Waals surface area contributed by atoms with Crippen molar-refractivity contribution < 1.29 is 9.53 Å². The third-order valence-corrected chi connectivity index (χ3v) is 3.53. The lowest BCUT2D eigenvalue weighted by Gasteiger charge is -2.17. The first-order chi connectivity index (χ1) is 8.65. The molecule has 2 atom stereocenters. The second-order valence-corrected chi connectivity index (χ2v) is 5.24. The maximum absolute atomic E-state index is 11.9. The van der Waals surface area contributed by atoms with E-state index in [-0.39, 0.29) is 11.8 Å². The molecule has 0 aromatic heterocycles. The van der Waals surface area contributed by atoms with Gasteiger partial charge < -0.3 is 20.7 Å². The van der Waals surface area contributed by atoms with Crippen molar-refractivity contribution in [3.8, 4) is 0 Å².